The van der Waals surface area contributed by atoms with Gasteiger partial charge in [-0.15, -0.1) is 0 Å². The fourth-order valence-corrected chi connectivity index (χ4v) is 0.815. The van der Waals surface area contributed by atoms with Crippen LogP contribution in [0.4, 0.5) is 13.2 Å². The van der Waals surface area contributed by atoms with Gasteiger partial charge in [-0.1, -0.05) is 0 Å². The second-order valence-corrected chi connectivity index (χ2v) is 2.72. The number of halogens is 3. The molecule has 7 heteroatoms. The summed E-state index contributed by atoms with van der Waals surface area (Å²) < 4.78 is 35.7. The number of carboxylic acids is 1. The van der Waals surface area contributed by atoms with Crippen molar-refractivity contribution in [2.75, 3.05) is 13.1 Å². The number of nitrogens with zero attached hydrogens (tertiary/aromatic N) is 2. The van der Waals surface area contributed by atoms with Crippen molar-refractivity contribution in [2.45, 2.75) is 19.1 Å². The molecule has 0 aromatic carbocycles. The first kappa shape index (κ1) is 12.7. The molecule has 1 unspecified atom stereocenters. The lowest BCUT2D eigenvalue weighted by Crippen LogP contribution is -2.42. The van der Waals surface area contributed by atoms with Crippen molar-refractivity contribution >= 4 is 5.97 Å². The van der Waals surface area contributed by atoms with E-state index in [0.29, 0.717) is 4.90 Å². The number of carbonyl (C=O) groups is 1. The van der Waals surface area contributed by atoms with E-state index >= 15 is 0 Å². The first-order valence-corrected chi connectivity index (χ1v) is 3.68. The van der Waals surface area contributed by atoms with Crippen LogP contribution in [0.3, 0.4) is 0 Å². The summed E-state index contributed by atoms with van der Waals surface area (Å²) in [4.78, 5) is 10.7. The summed E-state index contributed by atoms with van der Waals surface area (Å²) >= 11 is 0. The molecule has 1 atom stereocenters. The van der Waals surface area contributed by atoms with Crippen LogP contribution in [0, 0.1) is 11.3 Å². The topological polar surface area (TPSA) is 64.3 Å². The molecule has 0 aliphatic heterocycles. The Bertz CT molecular complexity index is 246. The fraction of sp³-hybridized carbons (Fsp3) is 0.714. The lowest BCUT2D eigenvalue weighted by molar-refractivity contribution is -0.155. The molecule has 0 aliphatic rings. The number of rotatable bonds is 4. The van der Waals surface area contributed by atoms with Crippen molar-refractivity contribution in [1.29, 1.82) is 5.26 Å². The molecule has 0 aromatic rings. The van der Waals surface area contributed by atoms with Gasteiger partial charge in [0.25, 0.3) is 0 Å². The quantitative estimate of drug-likeness (QED) is 0.747. The number of hydrogen-bond acceptors (Lipinski definition) is 3. The molecule has 0 aliphatic carbocycles. The first-order valence-electron chi connectivity index (χ1n) is 3.68. The summed E-state index contributed by atoms with van der Waals surface area (Å²) in [6, 6.07) is 0.479. The number of aliphatic carboxylic acids is 1. The van der Waals surface area contributed by atoms with Crippen LogP contribution in [-0.4, -0.2) is 41.3 Å². The van der Waals surface area contributed by atoms with E-state index in [1.54, 1.807) is 6.07 Å². The standard InChI is InChI=1S/C7H9F3N2O2/c1-5(2-11)12(3-6(13)14)4-7(8,9)10/h5H,3-4H2,1H3,(H,13,14). The van der Waals surface area contributed by atoms with Crippen molar-refractivity contribution in [2.24, 2.45) is 0 Å². The molecule has 0 bridgehead atoms. The van der Waals surface area contributed by atoms with Crippen LogP contribution in [-0.2, 0) is 4.79 Å². The van der Waals surface area contributed by atoms with Crippen LogP contribution in [0.2, 0.25) is 0 Å². The van der Waals surface area contributed by atoms with Crippen LogP contribution in [0.1, 0.15) is 6.92 Å². The Morgan fingerprint density at radius 1 is 1.64 bits per heavy atom. The molecule has 0 saturated heterocycles. The normalized spacial score (nSPS) is 13.7. The summed E-state index contributed by atoms with van der Waals surface area (Å²) in [7, 11) is 0. The van der Waals surface area contributed by atoms with E-state index in [9.17, 15) is 18.0 Å². The Labute approximate surface area is 78.5 Å². The summed E-state index contributed by atoms with van der Waals surface area (Å²) in [5.74, 6) is -1.39. The summed E-state index contributed by atoms with van der Waals surface area (Å²) in [6.45, 7) is -0.975. The molecule has 0 fully saturated rings. The highest BCUT2D eigenvalue weighted by Crippen LogP contribution is 2.17. The van der Waals surface area contributed by atoms with Gasteiger partial charge in [-0.25, -0.2) is 0 Å². The molecule has 0 rings (SSSR count). The maximum atomic E-state index is 11.9. The lowest BCUT2D eigenvalue weighted by atomic mass is 10.3. The van der Waals surface area contributed by atoms with Crippen molar-refractivity contribution in [1.82, 2.24) is 4.90 Å². The van der Waals surface area contributed by atoms with Gasteiger partial charge in [0.2, 0.25) is 0 Å². The van der Waals surface area contributed by atoms with Gasteiger partial charge in [0, 0.05) is 0 Å². The zero-order chi connectivity index (χ0) is 11.4. The van der Waals surface area contributed by atoms with E-state index < -0.39 is 31.3 Å². The van der Waals surface area contributed by atoms with E-state index in [0.717, 1.165) is 0 Å². The monoisotopic (exact) mass is 210 g/mol. The van der Waals surface area contributed by atoms with Crippen LogP contribution >= 0.6 is 0 Å². The molecule has 0 aromatic heterocycles. The third-order valence-electron chi connectivity index (χ3n) is 1.46. The molecule has 1 N–H and O–H groups in total. The van der Waals surface area contributed by atoms with E-state index in [4.69, 9.17) is 10.4 Å². The molecular weight excluding hydrogens is 201 g/mol. The number of alkyl halides is 3. The second kappa shape index (κ2) is 4.81. The van der Waals surface area contributed by atoms with Crippen molar-refractivity contribution in [3.05, 3.63) is 0 Å². The summed E-state index contributed by atoms with van der Waals surface area (Å²) in [6.07, 6.45) is -4.50. The molecule has 0 spiro atoms. The van der Waals surface area contributed by atoms with Gasteiger partial charge in [0.05, 0.1) is 25.2 Å². The minimum Gasteiger partial charge on any atom is -0.480 e. The van der Waals surface area contributed by atoms with Gasteiger partial charge in [-0.3, -0.25) is 9.69 Å². The van der Waals surface area contributed by atoms with E-state index in [1.807, 2.05) is 0 Å². The molecule has 0 heterocycles. The summed E-state index contributed by atoms with van der Waals surface area (Å²) in [5, 5.41) is 16.7. The van der Waals surface area contributed by atoms with Crippen LogP contribution < -0.4 is 0 Å². The van der Waals surface area contributed by atoms with Gasteiger partial charge in [0.15, 0.2) is 0 Å². The predicted octanol–water partition coefficient (Wildman–Crippen LogP) is 0.847. The second-order valence-electron chi connectivity index (χ2n) is 2.72. The van der Waals surface area contributed by atoms with Crippen LogP contribution in [0.25, 0.3) is 0 Å². The Morgan fingerprint density at radius 3 is 2.43 bits per heavy atom. The summed E-state index contributed by atoms with van der Waals surface area (Å²) in [5.41, 5.74) is 0. The Balaban J connectivity index is 4.42. The third kappa shape index (κ3) is 5.37. The van der Waals surface area contributed by atoms with Gasteiger partial charge in [-0.2, -0.15) is 18.4 Å². The highest BCUT2D eigenvalue weighted by Gasteiger charge is 2.33. The molecular formula is C7H9F3N2O2. The maximum absolute atomic E-state index is 11.9. The molecule has 0 radical (unpaired) electrons. The Kier molecular flexibility index (Phi) is 4.37. The molecule has 80 valence electrons. The highest BCUT2D eigenvalue weighted by molar-refractivity contribution is 5.69. The van der Waals surface area contributed by atoms with Gasteiger partial charge in [0.1, 0.15) is 0 Å². The lowest BCUT2D eigenvalue weighted by Gasteiger charge is -2.23. The number of carboxylic acid groups (broad SMARTS) is 1. The zero-order valence-corrected chi connectivity index (χ0v) is 7.38. The van der Waals surface area contributed by atoms with Crippen molar-refractivity contribution < 1.29 is 23.1 Å². The SMILES string of the molecule is CC(C#N)N(CC(=O)O)CC(F)(F)F. The highest BCUT2D eigenvalue weighted by atomic mass is 19.4. The fourth-order valence-electron chi connectivity index (χ4n) is 0.815. The number of nitriles is 1. The molecule has 0 amide bonds. The van der Waals surface area contributed by atoms with Crippen molar-refractivity contribution in [3.63, 3.8) is 0 Å². The van der Waals surface area contributed by atoms with Gasteiger partial charge >= 0.3 is 12.1 Å². The zero-order valence-electron chi connectivity index (χ0n) is 7.38. The molecule has 14 heavy (non-hydrogen) atoms. The Morgan fingerprint density at radius 2 is 2.14 bits per heavy atom. The predicted molar refractivity (Wildman–Crippen MR) is 40.3 cm³/mol. The Hall–Kier alpha value is -1.29. The smallest absolute Gasteiger partial charge is 0.401 e. The number of hydrogen-bond donors (Lipinski definition) is 1. The third-order valence-corrected chi connectivity index (χ3v) is 1.46. The van der Waals surface area contributed by atoms with Crippen LogP contribution in [0.5, 0.6) is 0 Å². The van der Waals surface area contributed by atoms with Gasteiger partial charge < -0.3 is 5.11 Å². The first-order chi connectivity index (χ1) is 6.26. The van der Waals surface area contributed by atoms with E-state index in [2.05, 4.69) is 0 Å². The molecule has 4 nitrogen and oxygen atoms in total. The average molecular weight is 210 g/mol. The largest absolute Gasteiger partial charge is 0.480 e. The minimum atomic E-state index is -4.50. The van der Waals surface area contributed by atoms with Crippen molar-refractivity contribution in [3.8, 4) is 6.07 Å². The van der Waals surface area contributed by atoms with Crippen LogP contribution in [0.15, 0.2) is 0 Å². The van der Waals surface area contributed by atoms with Gasteiger partial charge in [-0.05, 0) is 6.92 Å². The molecule has 0 saturated carbocycles. The minimum absolute atomic E-state index is 0.544. The van der Waals surface area contributed by atoms with E-state index in [-0.39, 0.29) is 0 Å². The van der Waals surface area contributed by atoms with E-state index in [1.165, 1.54) is 6.92 Å². The maximum Gasteiger partial charge on any atom is 0.401 e. The average Bonchev–Trinajstić information content (AvgIpc) is 1.98.